The molecule has 1 rings (SSSR count). The SMILES string of the molecule is CCC1=C(Br)C(=O)OC1=C(Br)Br. The van der Waals surface area contributed by atoms with Crippen molar-refractivity contribution in [3.05, 3.63) is 19.2 Å². The zero-order valence-corrected chi connectivity index (χ0v) is 10.9. The van der Waals surface area contributed by atoms with Crippen LogP contribution in [0.25, 0.3) is 0 Å². The molecular formula is C7H5Br3O2. The fourth-order valence-electron chi connectivity index (χ4n) is 0.890. The number of esters is 1. The Balaban J connectivity index is 3.16. The summed E-state index contributed by atoms with van der Waals surface area (Å²) in [4.78, 5) is 11.1. The molecule has 5 heteroatoms. The van der Waals surface area contributed by atoms with Crippen molar-refractivity contribution in [1.29, 1.82) is 0 Å². The summed E-state index contributed by atoms with van der Waals surface area (Å²) < 4.78 is 6.14. The molecule has 0 aromatic heterocycles. The van der Waals surface area contributed by atoms with Gasteiger partial charge in [0.15, 0.2) is 5.76 Å². The molecule has 0 radical (unpaired) electrons. The fourth-order valence-corrected chi connectivity index (χ4v) is 2.07. The van der Waals surface area contributed by atoms with Crippen LogP contribution in [0.15, 0.2) is 19.2 Å². The largest absolute Gasteiger partial charge is 0.420 e. The van der Waals surface area contributed by atoms with Crippen LogP contribution >= 0.6 is 47.8 Å². The summed E-state index contributed by atoms with van der Waals surface area (Å²) in [5, 5.41) is 0. The van der Waals surface area contributed by atoms with Gasteiger partial charge in [0.2, 0.25) is 0 Å². The molecule has 0 amide bonds. The number of halogens is 3. The minimum Gasteiger partial charge on any atom is -0.420 e. The molecule has 1 aliphatic rings. The van der Waals surface area contributed by atoms with Crippen LogP contribution in [0.1, 0.15) is 13.3 Å². The van der Waals surface area contributed by atoms with Gasteiger partial charge in [0.05, 0.1) is 0 Å². The van der Waals surface area contributed by atoms with Crippen molar-refractivity contribution in [2.75, 3.05) is 0 Å². The molecule has 66 valence electrons. The van der Waals surface area contributed by atoms with Gasteiger partial charge in [-0.05, 0) is 54.2 Å². The van der Waals surface area contributed by atoms with Crippen molar-refractivity contribution in [3.8, 4) is 0 Å². The Labute approximate surface area is 95.4 Å². The monoisotopic (exact) mass is 358 g/mol. The number of ether oxygens (including phenoxy) is 1. The lowest BCUT2D eigenvalue weighted by molar-refractivity contribution is -0.132. The molecular weight excluding hydrogens is 356 g/mol. The van der Waals surface area contributed by atoms with Crippen molar-refractivity contribution in [1.82, 2.24) is 0 Å². The van der Waals surface area contributed by atoms with Gasteiger partial charge in [0, 0.05) is 5.57 Å². The smallest absolute Gasteiger partial charge is 0.351 e. The highest BCUT2D eigenvalue weighted by Crippen LogP contribution is 2.37. The first-order chi connectivity index (χ1) is 5.57. The third kappa shape index (κ3) is 1.83. The van der Waals surface area contributed by atoms with Crippen LogP contribution in [0.2, 0.25) is 0 Å². The lowest BCUT2D eigenvalue weighted by Crippen LogP contribution is -1.93. The molecule has 0 spiro atoms. The van der Waals surface area contributed by atoms with E-state index in [0.29, 0.717) is 13.6 Å². The fraction of sp³-hybridized carbons (Fsp3) is 0.286. The first-order valence-corrected chi connectivity index (χ1v) is 5.62. The zero-order valence-electron chi connectivity index (χ0n) is 6.16. The molecule has 0 fully saturated rings. The van der Waals surface area contributed by atoms with Crippen LogP contribution in [-0.4, -0.2) is 5.97 Å². The van der Waals surface area contributed by atoms with Crippen molar-refractivity contribution in [2.45, 2.75) is 13.3 Å². The molecule has 0 unspecified atom stereocenters. The highest BCUT2D eigenvalue weighted by Gasteiger charge is 2.28. The molecule has 0 saturated carbocycles. The second-order valence-electron chi connectivity index (χ2n) is 2.13. The maximum absolute atomic E-state index is 11.1. The van der Waals surface area contributed by atoms with E-state index in [9.17, 15) is 4.79 Å². The van der Waals surface area contributed by atoms with Crippen LogP contribution in [0, 0.1) is 0 Å². The van der Waals surface area contributed by atoms with Crippen LogP contribution in [0.3, 0.4) is 0 Å². The summed E-state index contributed by atoms with van der Waals surface area (Å²) in [6, 6.07) is 0. The van der Waals surface area contributed by atoms with Gasteiger partial charge in [0.25, 0.3) is 0 Å². The highest BCUT2D eigenvalue weighted by molar-refractivity contribution is 9.28. The van der Waals surface area contributed by atoms with E-state index >= 15 is 0 Å². The second kappa shape index (κ2) is 4.07. The highest BCUT2D eigenvalue weighted by atomic mass is 79.9. The van der Waals surface area contributed by atoms with Crippen molar-refractivity contribution in [2.24, 2.45) is 0 Å². The van der Waals surface area contributed by atoms with Gasteiger partial charge >= 0.3 is 5.97 Å². The van der Waals surface area contributed by atoms with Crippen molar-refractivity contribution >= 4 is 53.8 Å². The summed E-state index contributed by atoms with van der Waals surface area (Å²) >= 11 is 9.57. The number of hydrogen-bond acceptors (Lipinski definition) is 2. The van der Waals surface area contributed by atoms with Gasteiger partial charge in [-0.3, -0.25) is 0 Å². The lowest BCUT2D eigenvalue weighted by Gasteiger charge is -1.99. The van der Waals surface area contributed by atoms with E-state index in [1.165, 1.54) is 0 Å². The molecule has 0 aromatic rings. The predicted molar refractivity (Wildman–Crippen MR) is 57.2 cm³/mol. The van der Waals surface area contributed by atoms with E-state index in [2.05, 4.69) is 47.8 Å². The zero-order chi connectivity index (χ0) is 9.30. The molecule has 0 atom stereocenters. The maximum atomic E-state index is 11.1. The molecule has 2 nitrogen and oxygen atoms in total. The topological polar surface area (TPSA) is 26.3 Å². The average molecular weight is 361 g/mol. The maximum Gasteiger partial charge on any atom is 0.351 e. The molecule has 1 heterocycles. The van der Waals surface area contributed by atoms with Gasteiger partial charge in [-0.25, -0.2) is 4.79 Å². The molecule has 0 saturated heterocycles. The predicted octanol–water partition coefficient (Wildman–Crippen LogP) is 3.56. The first-order valence-electron chi connectivity index (χ1n) is 3.24. The van der Waals surface area contributed by atoms with Gasteiger partial charge in [0.1, 0.15) is 7.87 Å². The molecule has 0 aliphatic carbocycles. The Hall–Kier alpha value is 0.390. The van der Waals surface area contributed by atoms with Crippen LogP contribution in [-0.2, 0) is 9.53 Å². The quantitative estimate of drug-likeness (QED) is 0.668. The standard InChI is InChI=1S/C7H5Br3O2/c1-2-3-4(8)7(11)12-5(3)6(9)10/h2H2,1H3. The molecule has 1 aliphatic heterocycles. The summed E-state index contributed by atoms with van der Waals surface area (Å²) in [7, 11) is 0. The lowest BCUT2D eigenvalue weighted by atomic mass is 10.2. The molecule has 0 N–H and O–H groups in total. The third-order valence-electron chi connectivity index (χ3n) is 1.44. The van der Waals surface area contributed by atoms with E-state index in [1.54, 1.807) is 0 Å². The normalized spacial score (nSPS) is 17.0. The van der Waals surface area contributed by atoms with Gasteiger partial charge in [-0.15, -0.1) is 0 Å². The number of cyclic esters (lactones) is 1. The van der Waals surface area contributed by atoms with Crippen LogP contribution in [0.4, 0.5) is 0 Å². The van der Waals surface area contributed by atoms with Gasteiger partial charge in [-0.1, -0.05) is 6.92 Å². The summed E-state index contributed by atoms with van der Waals surface area (Å²) in [6.45, 7) is 1.96. The van der Waals surface area contributed by atoms with Crippen molar-refractivity contribution < 1.29 is 9.53 Å². The number of allylic oxidation sites excluding steroid dienone is 1. The van der Waals surface area contributed by atoms with E-state index in [0.717, 1.165) is 12.0 Å². The number of hydrogen-bond donors (Lipinski definition) is 0. The van der Waals surface area contributed by atoms with Gasteiger partial charge < -0.3 is 4.74 Å². The van der Waals surface area contributed by atoms with E-state index < -0.39 is 0 Å². The molecule has 0 aromatic carbocycles. The Morgan fingerprint density at radius 1 is 1.50 bits per heavy atom. The van der Waals surface area contributed by atoms with Crippen LogP contribution in [0.5, 0.6) is 0 Å². The van der Waals surface area contributed by atoms with Crippen LogP contribution < -0.4 is 0 Å². The Kier molecular flexibility index (Phi) is 3.55. The second-order valence-corrected chi connectivity index (χ2v) is 5.57. The minimum atomic E-state index is -0.335. The third-order valence-corrected chi connectivity index (χ3v) is 2.96. The summed E-state index contributed by atoms with van der Waals surface area (Å²) in [6.07, 6.45) is 0.752. The van der Waals surface area contributed by atoms with E-state index in [-0.39, 0.29) is 5.97 Å². The summed E-state index contributed by atoms with van der Waals surface area (Å²) in [5.41, 5.74) is 0.878. The first kappa shape index (κ1) is 10.5. The summed E-state index contributed by atoms with van der Waals surface area (Å²) in [5.74, 6) is 0.229. The number of carbonyl (C=O) groups is 1. The molecule has 0 bridgehead atoms. The van der Waals surface area contributed by atoms with Crippen molar-refractivity contribution in [3.63, 3.8) is 0 Å². The Morgan fingerprint density at radius 2 is 2.08 bits per heavy atom. The minimum absolute atomic E-state index is 0.335. The average Bonchev–Trinajstić information content (AvgIpc) is 2.29. The Morgan fingerprint density at radius 3 is 2.42 bits per heavy atom. The number of rotatable bonds is 1. The number of carbonyl (C=O) groups excluding carboxylic acids is 1. The van der Waals surface area contributed by atoms with E-state index in [1.807, 2.05) is 6.92 Å². The van der Waals surface area contributed by atoms with Gasteiger partial charge in [-0.2, -0.15) is 0 Å². The Bertz CT molecular complexity index is 287. The molecule has 12 heavy (non-hydrogen) atoms. The van der Waals surface area contributed by atoms with E-state index in [4.69, 9.17) is 4.74 Å².